The maximum Gasteiger partial charge on any atom is 0.223 e. The van der Waals surface area contributed by atoms with Gasteiger partial charge in [-0.3, -0.25) is 0 Å². The first-order valence-electron chi connectivity index (χ1n) is 5.55. The van der Waals surface area contributed by atoms with Gasteiger partial charge in [0, 0.05) is 19.5 Å². The van der Waals surface area contributed by atoms with E-state index in [0.29, 0.717) is 24.3 Å². The topological polar surface area (TPSA) is 97.1 Å². The highest BCUT2D eigenvalue weighted by molar-refractivity contribution is 7.89. The monoisotopic (exact) mass is 260 g/mol. The number of nitrogens with zero attached hydrogens (tertiary/aromatic N) is 2. The van der Waals surface area contributed by atoms with Crippen molar-refractivity contribution >= 4 is 10.0 Å². The smallest absolute Gasteiger partial charge is 0.223 e. The van der Waals surface area contributed by atoms with Crippen molar-refractivity contribution in [1.29, 1.82) is 0 Å². The summed E-state index contributed by atoms with van der Waals surface area (Å²) in [6.07, 6.45) is 2.30. The highest BCUT2D eigenvalue weighted by Crippen LogP contribution is 2.17. The van der Waals surface area contributed by atoms with Gasteiger partial charge in [-0.1, -0.05) is 5.16 Å². The molecule has 0 aliphatic heterocycles. The standard InChI is InChI=1S/C9H16N4O3S/c1-7-12-9(13-16-7)6-11-17(14,15)5-4-10-8-2-3-8/h8,10-11H,2-6H2,1H3. The summed E-state index contributed by atoms with van der Waals surface area (Å²) in [5.41, 5.74) is 0. The normalized spacial score (nSPS) is 16.3. The van der Waals surface area contributed by atoms with Gasteiger partial charge in [-0.15, -0.1) is 0 Å². The lowest BCUT2D eigenvalue weighted by atomic mass is 10.6. The molecule has 96 valence electrons. The molecule has 1 fully saturated rings. The molecule has 2 N–H and O–H groups in total. The van der Waals surface area contributed by atoms with E-state index in [1.807, 2.05) is 0 Å². The molecule has 2 rings (SSSR count). The van der Waals surface area contributed by atoms with Crippen LogP contribution < -0.4 is 10.0 Å². The molecule has 0 bridgehead atoms. The summed E-state index contributed by atoms with van der Waals surface area (Å²) in [6, 6.07) is 0.519. The van der Waals surface area contributed by atoms with Crippen LogP contribution in [0.15, 0.2) is 4.52 Å². The van der Waals surface area contributed by atoms with Crippen LogP contribution in [0.25, 0.3) is 0 Å². The third-order valence-electron chi connectivity index (χ3n) is 2.40. The molecule has 1 heterocycles. The van der Waals surface area contributed by atoms with E-state index in [0.717, 1.165) is 12.8 Å². The number of rotatable bonds is 7. The molecule has 1 aromatic rings. The molecule has 0 atom stereocenters. The van der Waals surface area contributed by atoms with Gasteiger partial charge < -0.3 is 9.84 Å². The van der Waals surface area contributed by atoms with E-state index < -0.39 is 10.0 Å². The van der Waals surface area contributed by atoms with Crippen LogP contribution in [0.2, 0.25) is 0 Å². The molecule has 1 aromatic heterocycles. The molecule has 1 aliphatic carbocycles. The second-order valence-electron chi connectivity index (χ2n) is 4.10. The van der Waals surface area contributed by atoms with Gasteiger partial charge >= 0.3 is 0 Å². The number of aryl methyl sites for hydroxylation is 1. The van der Waals surface area contributed by atoms with E-state index in [2.05, 4.69) is 20.2 Å². The lowest BCUT2D eigenvalue weighted by Gasteiger charge is -2.05. The van der Waals surface area contributed by atoms with Gasteiger partial charge in [0.2, 0.25) is 15.9 Å². The molecule has 8 heteroatoms. The summed E-state index contributed by atoms with van der Waals surface area (Å²) in [6.45, 7) is 2.21. The third kappa shape index (κ3) is 4.41. The highest BCUT2D eigenvalue weighted by Gasteiger charge is 2.21. The summed E-state index contributed by atoms with van der Waals surface area (Å²) in [5.74, 6) is 0.844. The maximum atomic E-state index is 11.6. The average molecular weight is 260 g/mol. The SMILES string of the molecule is Cc1nc(CNS(=O)(=O)CCNC2CC2)no1. The summed E-state index contributed by atoms with van der Waals surface area (Å²) in [4.78, 5) is 3.91. The molecular weight excluding hydrogens is 244 g/mol. The van der Waals surface area contributed by atoms with Crippen LogP contribution in [0.1, 0.15) is 24.6 Å². The van der Waals surface area contributed by atoms with Crippen molar-refractivity contribution in [2.75, 3.05) is 12.3 Å². The minimum absolute atomic E-state index is 0.0698. The van der Waals surface area contributed by atoms with Crippen molar-refractivity contribution in [3.05, 3.63) is 11.7 Å². The fourth-order valence-electron chi connectivity index (χ4n) is 1.34. The van der Waals surface area contributed by atoms with Crippen molar-refractivity contribution in [3.63, 3.8) is 0 Å². The first-order valence-corrected chi connectivity index (χ1v) is 7.20. The minimum atomic E-state index is -3.27. The molecule has 1 aliphatic rings. The Balaban J connectivity index is 1.72. The van der Waals surface area contributed by atoms with E-state index in [1.54, 1.807) is 6.92 Å². The zero-order chi connectivity index (χ0) is 12.3. The molecule has 0 saturated heterocycles. The van der Waals surface area contributed by atoms with Crippen molar-refractivity contribution < 1.29 is 12.9 Å². The lowest BCUT2D eigenvalue weighted by Crippen LogP contribution is -2.32. The van der Waals surface area contributed by atoms with Crippen LogP contribution in [0.3, 0.4) is 0 Å². The molecule has 17 heavy (non-hydrogen) atoms. The number of hydrogen-bond acceptors (Lipinski definition) is 6. The van der Waals surface area contributed by atoms with Crippen LogP contribution in [0, 0.1) is 6.92 Å². The van der Waals surface area contributed by atoms with E-state index in [1.165, 1.54) is 0 Å². The Morgan fingerprint density at radius 2 is 2.24 bits per heavy atom. The van der Waals surface area contributed by atoms with Gasteiger partial charge in [-0.05, 0) is 12.8 Å². The average Bonchev–Trinajstić information content (AvgIpc) is 2.98. The predicted molar refractivity (Wildman–Crippen MR) is 60.7 cm³/mol. The second-order valence-corrected chi connectivity index (χ2v) is 6.02. The van der Waals surface area contributed by atoms with E-state index in [4.69, 9.17) is 4.52 Å². The van der Waals surface area contributed by atoms with E-state index >= 15 is 0 Å². The molecular formula is C9H16N4O3S. The Bertz CT molecular complexity index is 466. The number of sulfonamides is 1. The third-order valence-corrected chi connectivity index (χ3v) is 3.73. The lowest BCUT2D eigenvalue weighted by molar-refractivity contribution is 0.387. The Labute approximate surface area is 100 Å². The van der Waals surface area contributed by atoms with Crippen LogP contribution in [0.5, 0.6) is 0 Å². The molecule has 0 unspecified atom stereocenters. The minimum Gasteiger partial charge on any atom is -0.340 e. The zero-order valence-electron chi connectivity index (χ0n) is 9.64. The van der Waals surface area contributed by atoms with Crippen molar-refractivity contribution in [3.8, 4) is 0 Å². The Morgan fingerprint density at radius 3 is 2.82 bits per heavy atom. The fourth-order valence-corrected chi connectivity index (χ4v) is 2.22. The van der Waals surface area contributed by atoms with Crippen molar-refractivity contribution in [2.45, 2.75) is 32.4 Å². The molecule has 0 spiro atoms. The quantitative estimate of drug-likeness (QED) is 0.689. The van der Waals surface area contributed by atoms with E-state index in [-0.39, 0.29) is 12.3 Å². The number of hydrogen-bond donors (Lipinski definition) is 2. The first kappa shape index (κ1) is 12.5. The summed E-state index contributed by atoms with van der Waals surface area (Å²) in [7, 11) is -3.27. The van der Waals surface area contributed by atoms with Crippen LogP contribution >= 0.6 is 0 Å². The van der Waals surface area contributed by atoms with Crippen LogP contribution in [-0.2, 0) is 16.6 Å². The van der Waals surface area contributed by atoms with Gasteiger partial charge in [-0.25, -0.2) is 13.1 Å². The fraction of sp³-hybridized carbons (Fsp3) is 0.778. The highest BCUT2D eigenvalue weighted by atomic mass is 32.2. The molecule has 7 nitrogen and oxygen atoms in total. The second kappa shape index (κ2) is 5.11. The van der Waals surface area contributed by atoms with Gasteiger partial charge in [0.1, 0.15) is 0 Å². The Kier molecular flexibility index (Phi) is 3.75. The van der Waals surface area contributed by atoms with Gasteiger partial charge in [-0.2, -0.15) is 4.98 Å². The van der Waals surface area contributed by atoms with Gasteiger partial charge in [0.05, 0.1) is 12.3 Å². The Hall–Kier alpha value is -0.990. The maximum absolute atomic E-state index is 11.6. The predicted octanol–water partition coefficient (Wildman–Crippen LogP) is -0.451. The van der Waals surface area contributed by atoms with Gasteiger partial charge in [0.25, 0.3) is 0 Å². The zero-order valence-corrected chi connectivity index (χ0v) is 10.5. The van der Waals surface area contributed by atoms with Crippen LogP contribution in [-0.4, -0.2) is 36.9 Å². The molecule has 1 saturated carbocycles. The summed E-state index contributed by atoms with van der Waals surface area (Å²) >= 11 is 0. The first-order chi connectivity index (χ1) is 8.05. The number of nitrogens with one attached hydrogen (secondary N) is 2. The molecule has 0 amide bonds. The van der Waals surface area contributed by atoms with E-state index in [9.17, 15) is 8.42 Å². The molecule has 0 radical (unpaired) electrons. The number of aromatic nitrogens is 2. The molecule has 0 aromatic carbocycles. The van der Waals surface area contributed by atoms with Crippen molar-refractivity contribution in [1.82, 2.24) is 20.2 Å². The summed E-state index contributed by atoms with van der Waals surface area (Å²) < 4.78 is 30.3. The van der Waals surface area contributed by atoms with Gasteiger partial charge in [0.15, 0.2) is 5.82 Å². The van der Waals surface area contributed by atoms with Crippen molar-refractivity contribution in [2.24, 2.45) is 0 Å². The Morgan fingerprint density at radius 1 is 1.47 bits per heavy atom. The summed E-state index contributed by atoms with van der Waals surface area (Å²) in [5, 5.41) is 6.75. The van der Waals surface area contributed by atoms with Crippen LogP contribution in [0.4, 0.5) is 0 Å². The largest absolute Gasteiger partial charge is 0.340 e.